The molecule has 1 atom stereocenters. The number of aromatic nitrogens is 3. The van der Waals surface area contributed by atoms with Crippen LogP contribution in [0.1, 0.15) is 30.0 Å². The van der Waals surface area contributed by atoms with E-state index >= 15 is 0 Å². The first-order valence-electron chi connectivity index (χ1n) is 11.0. The third kappa shape index (κ3) is 5.39. The molecule has 6 nitrogen and oxygen atoms in total. The molecule has 6 heteroatoms. The monoisotopic (exact) mass is 428 g/mol. The maximum atomic E-state index is 11.9. The van der Waals surface area contributed by atoms with Gasteiger partial charge >= 0.3 is 0 Å². The van der Waals surface area contributed by atoms with Gasteiger partial charge in [0.15, 0.2) is 0 Å². The Morgan fingerprint density at radius 3 is 2.69 bits per heavy atom. The zero-order chi connectivity index (χ0) is 22.2. The first-order chi connectivity index (χ1) is 15.7. The van der Waals surface area contributed by atoms with Crippen LogP contribution in [0.3, 0.4) is 0 Å². The van der Waals surface area contributed by atoms with E-state index in [1.54, 1.807) is 23.9 Å². The fraction of sp³-hybridized carbons (Fsp3) is 0.269. The first kappa shape index (κ1) is 21.7. The van der Waals surface area contributed by atoms with Crippen molar-refractivity contribution < 1.29 is 4.74 Å². The molecule has 0 aliphatic carbocycles. The fourth-order valence-corrected chi connectivity index (χ4v) is 3.87. The van der Waals surface area contributed by atoms with Gasteiger partial charge in [0.05, 0.1) is 12.1 Å². The van der Waals surface area contributed by atoms with Crippen LogP contribution in [0.2, 0.25) is 0 Å². The lowest BCUT2D eigenvalue weighted by Crippen LogP contribution is -2.24. The van der Waals surface area contributed by atoms with Crippen LogP contribution in [0.4, 0.5) is 0 Å². The maximum Gasteiger partial charge on any atom is 0.250 e. The number of nitrogens with one attached hydrogen (secondary N) is 1. The van der Waals surface area contributed by atoms with Crippen molar-refractivity contribution in [3.8, 4) is 5.75 Å². The molecule has 0 bridgehead atoms. The molecule has 4 rings (SSSR count). The highest BCUT2D eigenvalue weighted by molar-refractivity contribution is 5.85. The molecule has 3 heterocycles. The van der Waals surface area contributed by atoms with Crippen LogP contribution in [-0.2, 0) is 13.5 Å². The SMILES string of the molecule is Cn1c(=O)ccc2c(OCCCNC(CCc3cccnc3)c3ccncc3)cccc21. The quantitative estimate of drug-likeness (QED) is 0.386. The number of pyridine rings is 3. The highest BCUT2D eigenvalue weighted by atomic mass is 16.5. The summed E-state index contributed by atoms with van der Waals surface area (Å²) in [5.74, 6) is 0.806. The maximum absolute atomic E-state index is 11.9. The lowest BCUT2D eigenvalue weighted by molar-refractivity contribution is 0.307. The van der Waals surface area contributed by atoms with Gasteiger partial charge in [-0.15, -0.1) is 0 Å². The van der Waals surface area contributed by atoms with Gasteiger partial charge in [-0.25, -0.2) is 0 Å². The van der Waals surface area contributed by atoms with Crippen LogP contribution < -0.4 is 15.6 Å². The summed E-state index contributed by atoms with van der Waals surface area (Å²) in [6.45, 7) is 1.43. The van der Waals surface area contributed by atoms with Gasteiger partial charge in [0, 0.05) is 49.3 Å². The summed E-state index contributed by atoms with van der Waals surface area (Å²) in [5.41, 5.74) is 3.33. The summed E-state index contributed by atoms with van der Waals surface area (Å²) in [5, 5.41) is 4.63. The second-order valence-electron chi connectivity index (χ2n) is 7.81. The predicted molar refractivity (Wildman–Crippen MR) is 127 cm³/mol. The van der Waals surface area contributed by atoms with Gasteiger partial charge in [-0.2, -0.15) is 0 Å². The van der Waals surface area contributed by atoms with Crippen molar-refractivity contribution in [2.24, 2.45) is 7.05 Å². The minimum Gasteiger partial charge on any atom is -0.493 e. The molecule has 0 saturated heterocycles. The van der Waals surface area contributed by atoms with Crippen molar-refractivity contribution in [3.05, 3.63) is 101 Å². The molecule has 3 aromatic heterocycles. The largest absolute Gasteiger partial charge is 0.493 e. The number of hydrogen-bond acceptors (Lipinski definition) is 5. The number of hydrogen-bond donors (Lipinski definition) is 1. The van der Waals surface area contributed by atoms with Crippen LogP contribution in [0.15, 0.2) is 84.2 Å². The van der Waals surface area contributed by atoms with Crippen molar-refractivity contribution in [3.63, 3.8) is 0 Å². The van der Waals surface area contributed by atoms with E-state index in [2.05, 4.69) is 33.5 Å². The summed E-state index contributed by atoms with van der Waals surface area (Å²) >= 11 is 0. The van der Waals surface area contributed by atoms with E-state index in [0.717, 1.165) is 42.5 Å². The molecule has 0 saturated carbocycles. The molecule has 0 radical (unpaired) electrons. The Morgan fingerprint density at radius 1 is 1.00 bits per heavy atom. The summed E-state index contributed by atoms with van der Waals surface area (Å²) in [4.78, 5) is 20.2. The average molecular weight is 429 g/mol. The molecule has 0 aliphatic rings. The number of fused-ring (bicyclic) bond motifs is 1. The Labute approximate surface area is 187 Å². The summed E-state index contributed by atoms with van der Waals surface area (Å²) in [7, 11) is 1.78. The lowest BCUT2D eigenvalue weighted by Gasteiger charge is -2.19. The Morgan fingerprint density at radius 2 is 1.88 bits per heavy atom. The van der Waals surface area contributed by atoms with E-state index in [0.29, 0.717) is 6.61 Å². The first-order valence-corrected chi connectivity index (χ1v) is 11.0. The topological polar surface area (TPSA) is 69.0 Å². The van der Waals surface area contributed by atoms with Gasteiger partial charge in [-0.1, -0.05) is 12.1 Å². The van der Waals surface area contributed by atoms with Crippen LogP contribution in [0, 0.1) is 0 Å². The summed E-state index contributed by atoms with van der Waals surface area (Å²) in [6.07, 6.45) is 10.2. The van der Waals surface area contributed by atoms with Gasteiger partial charge in [-0.3, -0.25) is 14.8 Å². The molecule has 1 aromatic carbocycles. The van der Waals surface area contributed by atoms with Gasteiger partial charge < -0.3 is 14.6 Å². The Balaban J connectivity index is 1.33. The van der Waals surface area contributed by atoms with E-state index in [-0.39, 0.29) is 11.6 Å². The van der Waals surface area contributed by atoms with E-state index in [4.69, 9.17) is 4.74 Å². The smallest absolute Gasteiger partial charge is 0.250 e. The third-order valence-electron chi connectivity index (χ3n) is 5.65. The van der Waals surface area contributed by atoms with Gasteiger partial charge in [0.25, 0.3) is 5.56 Å². The third-order valence-corrected chi connectivity index (χ3v) is 5.65. The van der Waals surface area contributed by atoms with Crippen LogP contribution in [0.5, 0.6) is 5.75 Å². The van der Waals surface area contributed by atoms with E-state index in [1.165, 1.54) is 11.1 Å². The van der Waals surface area contributed by atoms with Crippen molar-refractivity contribution in [1.29, 1.82) is 0 Å². The van der Waals surface area contributed by atoms with E-state index in [1.807, 2.05) is 48.9 Å². The number of benzene rings is 1. The number of aryl methyl sites for hydroxylation is 2. The number of ether oxygens (including phenoxy) is 1. The zero-order valence-electron chi connectivity index (χ0n) is 18.3. The summed E-state index contributed by atoms with van der Waals surface area (Å²) in [6, 6.07) is 17.7. The van der Waals surface area contributed by atoms with Crippen molar-refractivity contribution in [1.82, 2.24) is 19.9 Å². The van der Waals surface area contributed by atoms with Crippen molar-refractivity contribution in [2.45, 2.75) is 25.3 Å². The Bertz CT molecular complexity index is 1190. The van der Waals surface area contributed by atoms with Gasteiger partial charge in [0.1, 0.15) is 5.75 Å². The second kappa shape index (κ2) is 10.7. The average Bonchev–Trinajstić information content (AvgIpc) is 2.84. The van der Waals surface area contributed by atoms with Crippen LogP contribution in [-0.4, -0.2) is 27.7 Å². The molecular weight excluding hydrogens is 400 g/mol. The minimum absolute atomic E-state index is 0.0210. The van der Waals surface area contributed by atoms with Crippen LogP contribution in [0.25, 0.3) is 10.9 Å². The van der Waals surface area contributed by atoms with E-state index in [9.17, 15) is 4.79 Å². The van der Waals surface area contributed by atoms with Crippen molar-refractivity contribution in [2.75, 3.05) is 13.2 Å². The highest BCUT2D eigenvalue weighted by Crippen LogP contribution is 2.24. The van der Waals surface area contributed by atoms with Gasteiger partial charge in [0.2, 0.25) is 0 Å². The number of nitrogens with zero attached hydrogens (tertiary/aromatic N) is 3. The fourth-order valence-electron chi connectivity index (χ4n) is 3.87. The molecule has 0 aliphatic heterocycles. The predicted octanol–water partition coefficient (Wildman–Crippen LogP) is 4.06. The summed E-state index contributed by atoms with van der Waals surface area (Å²) < 4.78 is 7.70. The van der Waals surface area contributed by atoms with Crippen LogP contribution >= 0.6 is 0 Å². The molecule has 0 fully saturated rings. The molecular formula is C26H28N4O2. The number of rotatable bonds is 10. The molecule has 32 heavy (non-hydrogen) atoms. The Kier molecular flexibility index (Phi) is 7.25. The normalized spacial score (nSPS) is 12.0. The molecule has 1 unspecified atom stereocenters. The Hall–Kier alpha value is -3.51. The lowest BCUT2D eigenvalue weighted by atomic mass is 10.0. The zero-order valence-corrected chi connectivity index (χ0v) is 18.3. The highest BCUT2D eigenvalue weighted by Gasteiger charge is 2.11. The van der Waals surface area contributed by atoms with Gasteiger partial charge in [-0.05, 0) is 73.3 Å². The second-order valence-corrected chi connectivity index (χ2v) is 7.81. The molecule has 4 aromatic rings. The molecule has 1 N–H and O–H groups in total. The van der Waals surface area contributed by atoms with E-state index < -0.39 is 0 Å². The molecule has 0 amide bonds. The molecule has 0 spiro atoms. The van der Waals surface area contributed by atoms with Crippen molar-refractivity contribution >= 4 is 10.9 Å². The standard InChI is InChI=1S/C26H28N4O2/c1-30-24-6-2-7-25(22(24)9-11-26(30)31)32-18-4-15-29-23(21-12-16-27-17-13-21)10-8-20-5-3-14-28-19-20/h2-3,5-7,9,11-14,16-17,19,23,29H,4,8,10,15,18H2,1H3. The minimum atomic E-state index is -0.0210. The molecule has 164 valence electrons.